The maximum Gasteiger partial charge on any atom is 0.236 e. The summed E-state index contributed by atoms with van der Waals surface area (Å²) in [4.78, 5) is 10.8. The van der Waals surface area contributed by atoms with Gasteiger partial charge in [-0.05, 0) is 17.7 Å². The number of carbonyl (C=O) groups is 1. The van der Waals surface area contributed by atoms with E-state index >= 15 is 0 Å². The van der Waals surface area contributed by atoms with E-state index in [1.807, 2.05) is 24.3 Å². The third-order valence-electron chi connectivity index (χ3n) is 2.12. The van der Waals surface area contributed by atoms with E-state index in [1.165, 1.54) is 0 Å². The summed E-state index contributed by atoms with van der Waals surface area (Å²) in [5, 5.41) is 3.01. The molecule has 0 bridgehead atoms. The second-order valence-corrected chi connectivity index (χ2v) is 3.99. The van der Waals surface area contributed by atoms with Crippen molar-refractivity contribution in [3.63, 3.8) is 0 Å². The highest BCUT2D eigenvalue weighted by Gasteiger charge is 2.41. The van der Waals surface area contributed by atoms with Crippen LogP contribution in [-0.2, 0) is 4.79 Å². The van der Waals surface area contributed by atoms with Crippen LogP contribution in [0.2, 0.25) is 0 Å². The molecule has 0 aliphatic carbocycles. The molecule has 0 radical (unpaired) electrons. The summed E-state index contributed by atoms with van der Waals surface area (Å²) >= 11 is 3.35. The van der Waals surface area contributed by atoms with Crippen molar-refractivity contribution in [1.82, 2.24) is 5.32 Å². The monoisotopic (exact) mass is 240 g/mol. The number of carbonyl (C=O) groups excluding carboxylic acids is 1. The highest BCUT2D eigenvalue weighted by molar-refractivity contribution is 9.10. The number of primary amides is 1. The number of hydrogen-bond acceptors (Lipinski definition) is 2. The molecule has 1 saturated heterocycles. The lowest BCUT2D eigenvalue weighted by Gasteiger charge is -1.96. The fraction of sp³-hybridized carbons (Fsp3) is 0.222. The molecule has 1 aliphatic rings. The Bertz CT molecular complexity index is 336. The lowest BCUT2D eigenvalue weighted by atomic mass is 10.1. The van der Waals surface area contributed by atoms with E-state index in [9.17, 15) is 4.79 Å². The van der Waals surface area contributed by atoms with Crippen molar-refractivity contribution >= 4 is 21.8 Å². The zero-order chi connectivity index (χ0) is 9.42. The standard InChI is InChI=1S/C9H9BrN2O/c10-6-3-1-5(2-4-6)7-8(12-7)9(11)13/h1-4,7-8,12H,(H2,11,13)/t7-,8+/m0/s1. The van der Waals surface area contributed by atoms with Gasteiger partial charge < -0.3 is 5.73 Å². The number of nitrogens with two attached hydrogens (primary N) is 1. The molecule has 1 amide bonds. The van der Waals surface area contributed by atoms with Crippen molar-refractivity contribution in [3.05, 3.63) is 34.3 Å². The van der Waals surface area contributed by atoms with Gasteiger partial charge in [0.1, 0.15) is 6.04 Å². The Morgan fingerprint density at radius 2 is 2.00 bits per heavy atom. The Hall–Kier alpha value is -0.870. The molecular formula is C9H9BrN2O. The van der Waals surface area contributed by atoms with E-state index in [4.69, 9.17) is 5.73 Å². The van der Waals surface area contributed by atoms with Gasteiger partial charge in [0.15, 0.2) is 0 Å². The largest absolute Gasteiger partial charge is 0.368 e. The maximum absolute atomic E-state index is 10.8. The minimum atomic E-state index is -0.284. The third-order valence-corrected chi connectivity index (χ3v) is 2.65. The van der Waals surface area contributed by atoms with Crippen molar-refractivity contribution in [2.45, 2.75) is 12.1 Å². The van der Waals surface area contributed by atoms with Crippen LogP contribution in [0.15, 0.2) is 28.7 Å². The first-order valence-corrected chi connectivity index (χ1v) is 4.78. The van der Waals surface area contributed by atoms with Crippen LogP contribution >= 0.6 is 15.9 Å². The molecule has 4 heteroatoms. The van der Waals surface area contributed by atoms with Gasteiger partial charge in [0.05, 0.1) is 6.04 Å². The molecule has 1 heterocycles. The molecule has 3 N–H and O–H groups in total. The lowest BCUT2D eigenvalue weighted by molar-refractivity contribution is -0.117. The van der Waals surface area contributed by atoms with Gasteiger partial charge in [-0.15, -0.1) is 0 Å². The van der Waals surface area contributed by atoms with Crippen LogP contribution in [0.3, 0.4) is 0 Å². The minimum absolute atomic E-state index is 0.116. The highest BCUT2D eigenvalue weighted by Crippen LogP contribution is 2.29. The van der Waals surface area contributed by atoms with Crippen molar-refractivity contribution < 1.29 is 4.79 Å². The maximum atomic E-state index is 10.8. The first-order valence-electron chi connectivity index (χ1n) is 3.99. The Kier molecular flexibility index (Phi) is 2.09. The minimum Gasteiger partial charge on any atom is -0.368 e. The summed E-state index contributed by atoms with van der Waals surface area (Å²) in [6.07, 6.45) is 0. The van der Waals surface area contributed by atoms with Gasteiger partial charge in [-0.3, -0.25) is 10.1 Å². The number of nitrogens with one attached hydrogen (secondary N) is 1. The summed E-state index contributed by atoms with van der Waals surface area (Å²) in [6, 6.07) is 7.79. The number of halogens is 1. The second-order valence-electron chi connectivity index (χ2n) is 3.08. The third kappa shape index (κ3) is 1.73. The fourth-order valence-corrected chi connectivity index (χ4v) is 1.61. The molecule has 1 aromatic rings. The van der Waals surface area contributed by atoms with Crippen LogP contribution < -0.4 is 11.1 Å². The van der Waals surface area contributed by atoms with Gasteiger partial charge in [-0.1, -0.05) is 28.1 Å². The van der Waals surface area contributed by atoms with Crippen molar-refractivity contribution in [2.24, 2.45) is 5.73 Å². The van der Waals surface area contributed by atoms with Crippen LogP contribution in [0, 0.1) is 0 Å². The molecule has 0 spiro atoms. The molecule has 3 nitrogen and oxygen atoms in total. The zero-order valence-electron chi connectivity index (χ0n) is 6.83. The number of amides is 1. The summed E-state index contributed by atoms with van der Waals surface area (Å²) in [6.45, 7) is 0. The quantitative estimate of drug-likeness (QED) is 0.757. The zero-order valence-corrected chi connectivity index (χ0v) is 8.41. The van der Waals surface area contributed by atoms with Crippen LogP contribution in [0.1, 0.15) is 11.6 Å². The van der Waals surface area contributed by atoms with Gasteiger partial charge >= 0.3 is 0 Å². The molecule has 0 unspecified atom stereocenters. The van der Waals surface area contributed by atoms with E-state index in [2.05, 4.69) is 21.2 Å². The van der Waals surface area contributed by atoms with E-state index in [0.29, 0.717) is 0 Å². The van der Waals surface area contributed by atoms with Crippen molar-refractivity contribution in [3.8, 4) is 0 Å². The van der Waals surface area contributed by atoms with Gasteiger partial charge in [-0.2, -0.15) is 0 Å². The number of benzene rings is 1. The van der Waals surface area contributed by atoms with E-state index in [0.717, 1.165) is 10.0 Å². The summed E-state index contributed by atoms with van der Waals surface area (Å²) in [7, 11) is 0. The second kappa shape index (κ2) is 3.12. The van der Waals surface area contributed by atoms with Gasteiger partial charge in [-0.25, -0.2) is 0 Å². The van der Waals surface area contributed by atoms with Gasteiger partial charge in [0, 0.05) is 4.47 Å². The Morgan fingerprint density at radius 1 is 1.38 bits per heavy atom. The van der Waals surface area contributed by atoms with E-state index < -0.39 is 0 Å². The molecule has 1 aliphatic heterocycles. The lowest BCUT2D eigenvalue weighted by Crippen LogP contribution is -2.20. The van der Waals surface area contributed by atoms with E-state index in [-0.39, 0.29) is 18.0 Å². The molecule has 2 rings (SSSR count). The van der Waals surface area contributed by atoms with Crippen LogP contribution in [0.4, 0.5) is 0 Å². The molecule has 2 atom stereocenters. The summed E-state index contributed by atoms with van der Waals surface area (Å²) in [5.41, 5.74) is 6.25. The van der Waals surface area contributed by atoms with Gasteiger partial charge in [0.25, 0.3) is 0 Å². The fourth-order valence-electron chi connectivity index (χ4n) is 1.34. The predicted molar refractivity (Wildman–Crippen MR) is 53.0 cm³/mol. The van der Waals surface area contributed by atoms with Crippen LogP contribution in [-0.4, -0.2) is 11.9 Å². The molecule has 0 aromatic heterocycles. The average molecular weight is 241 g/mol. The van der Waals surface area contributed by atoms with Crippen molar-refractivity contribution in [2.75, 3.05) is 0 Å². The normalized spacial score (nSPS) is 25.6. The average Bonchev–Trinajstić information content (AvgIpc) is 2.85. The topological polar surface area (TPSA) is 65.0 Å². The van der Waals surface area contributed by atoms with Gasteiger partial charge in [0.2, 0.25) is 5.91 Å². The molecule has 68 valence electrons. The first kappa shape index (κ1) is 8.72. The Labute approximate surface area is 84.4 Å². The SMILES string of the molecule is NC(=O)[C@@H]1N[C@H]1c1ccc(Br)cc1. The Balaban J connectivity index is 2.12. The predicted octanol–water partition coefficient (Wildman–Crippen LogP) is 0.947. The van der Waals surface area contributed by atoms with Crippen molar-refractivity contribution in [1.29, 1.82) is 0 Å². The molecule has 1 aromatic carbocycles. The molecule has 0 saturated carbocycles. The molecule has 1 fully saturated rings. The number of rotatable bonds is 2. The number of hydrogen-bond donors (Lipinski definition) is 2. The smallest absolute Gasteiger partial charge is 0.236 e. The highest BCUT2D eigenvalue weighted by atomic mass is 79.9. The summed E-state index contributed by atoms with van der Waals surface area (Å²) < 4.78 is 1.03. The Morgan fingerprint density at radius 3 is 2.46 bits per heavy atom. The van der Waals surface area contributed by atoms with Crippen LogP contribution in [0.25, 0.3) is 0 Å². The molecular weight excluding hydrogens is 232 g/mol. The summed E-state index contributed by atoms with van der Waals surface area (Å²) in [5.74, 6) is -0.284. The van der Waals surface area contributed by atoms with E-state index in [1.54, 1.807) is 0 Å². The van der Waals surface area contributed by atoms with Crippen LogP contribution in [0.5, 0.6) is 0 Å². The molecule has 13 heavy (non-hydrogen) atoms. The first-order chi connectivity index (χ1) is 6.18.